The number of rotatable bonds is 2. The zero-order chi connectivity index (χ0) is 10.7. The fourth-order valence-corrected chi connectivity index (χ4v) is 1.61. The van der Waals surface area contributed by atoms with Crippen LogP contribution in [0.15, 0.2) is 35.3 Å². The molecule has 1 heterocycles. The molecule has 2 aromatic rings. The Labute approximate surface area is 96.7 Å². The average molecular weight is 264 g/mol. The fraction of sp³-hybridized carbons (Fsp3) is 0.182. The molecule has 0 saturated heterocycles. The van der Waals surface area contributed by atoms with E-state index in [9.17, 15) is 0 Å². The van der Waals surface area contributed by atoms with Crippen molar-refractivity contribution in [2.75, 3.05) is 0 Å². The first kappa shape index (κ1) is 10.2. The summed E-state index contributed by atoms with van der Waals surface area (Å²) in [4.78, 5) is 12.2. The first-order valence-electron chi connectivity index (χ1n) is 4.73. The quantitative estimate of drug-likeness (QED) is 0.837. The Bertz CT molecular complexity index is 471. The zero-order valence-corrected chi connectivity index (χ0v) is 9.90. The second-order valence-corrected chi connectivity index (χ2v) is 3.84. The second kappa shape index (κ2) is 4.49. The van der Waals surface area contributed by atoms with Crippen LogP contribution in [0.1, 0.15) is 12.5 Å². The van der Waals surface area contributed by atoms with Gasteiger partial charge in [0.15, 0.2) is 10.6 Å². The number of benzene rings is 1. The predicted molar refractivity (Wildman–Crippen MR) is 62.3 cm³/mol. The molecule has 0 amide bonds. The molecule has 0 bridgehead atoms. The molecule has 2 rings (SSSR count). The van der Waals surface area contributed by atoms with Gasteiger partial charge in [0.2, 0.25) is 0 Å². The van der Waals surface area contributed by atoms with Gasteiger partial charge in [-0.25, -0.2) is 15.0 Å². The molecular weight excluding hydrogens is 254 g/mol. The van der Waals surface area contributed by atoms with Crippen LogP contribution in [0.2, 0.25) is 0 Å². The Morgan fingerprint density at radius 2 is 2.13 bits per heavy atom. The normalized spacial score (nSPS) is 10.3. The Hall–Kier alpha value is -1.29. The molecule has 4 heteroatoms. The van der Waals surface area contributed by atoms with Crippen molar-refractivity contribution in [1.29, 1.82) is 0 Å². The number of halogens is 1. The summed E-state index contributed by atoms with van der Waals surface area (Å²) in [6, 6.07) is 8.22. The van der Waals surface area contributed by atoms with E-state index < -0.39 is 0 Å². The van der Waals surface area contributed by atoms with Crippen LogP contribution in [-0.2, 0) is 6.42 Å². The van der Waals surface area contributed by atoms with E-state index in [0.29, 0.717) is 10.6 Å². The van der Waals surface area contributed by atoms with E-state index in [1.54, 1.807) is 0 Å². The van der Waals surface area contributed by atoms with Crippen molar-refractivity contribution >= 4 is 15.9 Å². The first-order chi connectivity index (χ1) is 7.29. The maximum Gasteiger partial charge on any atom is 0.200 e. The van der Waals surface area contributed by atoms with Crippen molar-refractivity contribution in [2.24, 2.45) is 0 Å². The summed E-state index contributed by atoms with van der Waals surface area (Å²) >= 11 is 3.23. The molecule has 0 fully saturated rings. The Kier molecular flexibility index (Phi) is 3.06. The van der Waals surface area contributed by atoms with Crippen LogP contribution in [0, 0.1) is 0 Å². The molecule has 0 saturated carbocycles. The van der Waals surface area contributed by atoms with E-state index in [-0.39, 0.29) is 0 Å². The third-order valence-electron chi connectivity index (χ3n) is 2.14. The largest absolute Gasteiger partial charge is 0.216 e. The molecule has 1 aromatic carbocycles. The van der Waals surface area contributed by atoms with Crippen molar-refractivity contribution < 1.29 is 0 Å². The molecule has 1 aromatic heterocycles. The van der Waals surface area contributed by atoms with Crippen LogP contribution in [0.25, 0.3) is 11.4 Å². The molecule has 0 aliphatic carbocycles. The van der Waals surface area contributed by atoms with Gasteiger partial charge >= 0.3 is 0 Å². The lowest BCUT2D eigenvalue weighted by Crippen LogP contribution is -1.92. The van der Waals surface area contributed by atoms with Gasteiger partial charge in [-0.15, -0.1) is 0 Å². The highest BCUT2D eigenvalue weighted by Gasteiger charge is 2.02. The van der Waals surface area contributed by atoms with Crippen LogP contribution in [0.3, 0.4) is 0 Å². The van der Waals surface area contributed by atoms with Crippen LogP contribution < -0.4 is 0 Å². The highest BCUT2D eigenvalue weighted by Crippen LogP contribution is 2.17. The monoisotopic (exact) mass is 263 g/mol. The third kappa shape index (κ3) is 2.39. The zero-order valence-electron chi connectivity index (χ0n) is 8.31. The minimum Gasteiger partial charge on any atom is -0.216 e. The minimum atomic E-state index is 0.564. The minimum absolute atomic E-state index is 0.564. The lowest BCUT2D eigenvalue weighted by molar-refractivity contribution is 1.02. The van der Waals surface area contributed by atoms with Gasteiger partial charge in [-0.2, -0.15) is 0 Å². The summed E-state index contributed by atoms with van der Waals surface area (Å²) in [7, 11) is 0. The van der Waals surface area contributed by atoms with E-state index in [1.807, 2.05) is 12.1 Å². The van der Waals surface area contributed by atoms with Crippen molar-refractivity contribution in [3.63, 3.8) is 0 Å². The molecule has 76 valence electrons. The van der Waals surface area contributed by atoms with Crippen LogP contribution in [0.5, 0.6) is 0 Å². The molecule has 0 aliphatic heterocycles. The summed E-state index contributed by atoms with van der Waals surface area (Å²) in [6.45, 7) is 2.13. The van der Waals surface area contributed by atoms with Gasteiger partial charge in [-0.1, -0.05) is 25.1 Å². The summed E-state index contributed by atoms with van der Waals surface area (Å²) in [5.41, 5.74) is 2.31. The van der Waals surface area contributed by atoms with Gasteiger partial charge in [0, 0.05) is 5.56 Å². The van der Waals surface area contributed by atoms with Gasteiger partial charge in [-0.3, -0.25) is 0 Å². The fourth-order valence-electron chi connectivity index (χ4n) is 1.35. The number of nitrogens with zero attached hydrogens (tertiary/aromatic N) is 3. The lowest BCUT2D eigenvalue weighted by atomic mass is 10.1. The average Bonchev–Trinajstić information content (AvgIpc) is 2.29. The molecular formula is C11H10BrN3. The summed E-state index contributed by atoms with van der Waals surface area (Å²) in [5, 5.41) is 0. The lowest BCUT2D eigenvalue weighted by Gasteiger charge is -2.01. The molecule has 0 radical (unpaired) electrons. The first-order valence-corrected chi connectivity index (χ1v) is 5.52. The number of hydrogen-bond acceptors (Lipinski definition) is 3. The van der Waals surface area contributed by atoms with Crippen molar-refractivity contribution in [3.05, 3.63) is 40.9 Å². The van der Waals surface area contributed by atoms with E-state index >= 15 is 0 Å². The SMILES string of the molecule is CCc1cccc(-c2ncnc(Br)n2)c1. The van der Waals surface area contributed by atoms with Gasteiger partial charge in [0.05, 0.1) is 0 Å². The number of hydrogen-bond donors (Lipinski definition) is 0. The van der Waals surface area contributed by atoms with E-state index in [4.69, 9.17) is 0 Å². The van der Waals surface area contributed by atoms with Crippen LogP contribution in [0.4, 0.5) is 0 Å². The number of aryl methyl sites for hydroxylation is 1. The van der Waals surface area contributed by atoms with Crippen molar-refractivity contribution in [2.45, 2.75) is 13.3 Å². The third-order valence-corrected chi connectivity index (χ3v) is 2.52. The van der Waals surface area contributed by atoms with Gasteiger partial charge < -0.3 is 0 Å². The van der Waals surface area contributed by atoms with Crippen LogP contribution >= 0.6 is 15.9 Å². The molecule has 0 spiro atoms. The molecule has 0 aliphatic rings. The Balaban J connectivity index is 2.44. The van der Waals surface area contributed by atoms with E-state index in [1.165, 1.54) is 11.9 Å². The summed E-state index contributed by atoms with van der Waals surface area (Å²) in [5.74, 6) is 0.701. The predicted octanol–water partition coefficient (Wildman–Crippen LogP) is 2.86. The van der Waals surface area contributed by atoms with E-state index in [0.717, 1.165) is 12.0 Å². The second-order valence-electron chi connectivity index (χ2n) is 3.13. The summed E-state index contributed by atoms with van der Waals surface area (Å²) < 4.78 is 0.564. The molecule has 3 nitrogen and oxygen atoms in total. The Morgan fingerprint density at radius 3 is 2.87 bits per heavy atom. The Morgan fingerprint density at radius 1 is 1.27 bits per heavy atom. The highest BCUT2D eigenvalue weighted by atomic mass is 79.9. The smallest absolute Gasteiger partial charge is 0.200 e. The van der Waals surface area contributed by atoms with Crippen molar-refractivity contribution in [1.82, 2.24) is 15.0 Å². The van der Waals surface area contributed by atoms with Crippen LogP contribution in [-0.4, -0.2) is 15.0 Å². The standard InChI is InChI=1S/C11H10BrN3/c1-2-8-4-3-5-9(6-8)10-13-7-14-11(12)15-10/h3-7H,2H2,1H3. The van der Waals surface area contributed by atoms with Gasteiger partial charge in [-0.05, 0) is 34.0 Å². The molecule has 15 heavy (non-hydrogen) atoms. The maximum absolute atomic E-state index is 4.21. The highest BCUT2D eigenvalue weighted by molar-refractivity contribution is 9.10. The molecule has 0 N–H and O–H groups in total. The topological polar surface area (TPSA) is 38.7 Å². The van der Waals surface area contributed by atoms with Gasteiger partial charge in [0.25, 0.3) is 0 Å². The number of aromatic nitrogens is 3. The van der Waals surface area contributed by atoms with E-state index in [2.05, 4.69) is 49.9 Å². The van der Waals surface area contributed by atoms with Gasteiger partial charge in [0.1, 0.15) is 6.33 Å². The van der Waals surface area contributed by atoms with Crippen molar-refractivity contribution in [3.8, 4) is 11.4 Å². The maximum atomic E-state index is 4.21. The molecule has 0 unspecified atom stereocenters. The molecule has 0 atom stereocenters. The summed E-state index contributed by atoms with van der Waals surface area (Å²) in [6.07, 6.45) is 2.52.